The highest BCUT2D eigenvalue weighted by atomic mass is 16.5. The fourth-order valence-electron chi connectivity index (χ4n) is 6.37. The minimum absolute atomic E-state index is 0.0679. The highest BCUT2D eigenvalue weighted by Crippen LogP contribution is 2.50. The molecule has 4 N–H and O–H groups in total. The molecule has 0 bridgehead atoms. The molecular formula is C36H41N5O8. The molecule has 49 heavy (non-hydrogen) atoms. The Hall–Kier alpha value is -5.59. The second kappa shape index (κ2) is 14.7. The highest BCUT2D eigenvalue weighted by Gasteiger charge is 2.30. The monoisotopic (exact) mass is 671 g/mol. The summed E-state index contributed by atoms with van der Waals surface area (Å²) in [7, 11) is 4.59. The number of aromatic amines is 1. The van der Waals surface area contributed by atoms with Crippen molar-refractivity contribution in [3.8, 4) is 28.4 Å². The van der Waals surface area contributed by atoms with E-state index in [0.717, 1.165) is 5.56 Å². The largest absolute Gasteiger partial charge is 0.493 e. The molecule has 0 radical (unpaired) electrons. The number of ether oxygens (including phenoxy) is 3. The molecule has 5 rings (SSSR count). The van der Waals surface area contributed by atoms with Crippen molar-refractivity contribution >= 4 is 28.5 Å². The maximum Gasteiger partial charge on any atom is 0.316 e. The number of H-pyrrole nitrogens is 1. The third kappa shape index (κ3) is 7.01. The van der Waals surface area contributed by atoms with E-state index in [0.29, 0.717) is 57.8 Å². The van der Waals surface area contributed by atoms with Crippen LogP contribution in [0.2, 0.25) is 0 Å². The molecule has 0 unspecified atom stereocenters. The number of benzene rings is 2. The van der Waals surface area contributed by atoms with E-state index in [4.69, 9.17) is 14.2 Å². The van der Waals surface area contributed by atoms with Crippen LogP contribution in [0.25, 0.3) is 22.2 Å². The second-order valence-electron chi connectivity index (χ2n) is 12.2. The highest BCUT2D eigenvalue weighted by molar-refractivity contribution is 5.86. The molecule has 2 atom stereocenters. The van der Waals surface area contributed by atoms with Crippen LogP contribution in [-0.4, -0.2) is 55.3 Å². The van der Waals surface area contributed by atoms with Crippen molar-refractivity contribution in [3.63, 3.8) is 0 Å². The Kier molecular flexibility index (Phi) is 10.4. The average molecular weight is 672 g/mol. The summed E-state index contributed by atoms with van der Waals surface area (Å²) in [4.78, 5) is 67.0. The number of nitrogens with zero attached hydrogens (tertiary/aromatic N) is 1. The van der Waals surface area contributed by atoms with Crippen molar-refractivity contribution < 1.29 is 23.8 Å². The molecule has 258 valence electrons. The lowest BCUT2D eigenvalue weighted by Crippen LogP contribution is -2.45. The summed E-state index contributed by atoms with van der Waals surface area (Å²) in [5.41, 5.74) is 2.26. The maximum atomic E-state index is 13.8. The molecule has 13 heteroatoms. The molecule has 0 saturated carbocycles. The number of amides is 2. The maximum absolute atomic E-state index is 13.8. The first-order chi connectivity index (χ1) is 23.5. The average Bonchev–Trinajstić information content (AvgIpc) is 3.31. The Morgan fingerprint density at radius 2 is 1.71 bits per heavy atom. The molecule has 0 saturated heterocycles. The number of aryl methyl sites for hydroxylation is 1. The molecule has 0 spiro atoms. The molecule has 1 aliphatic rings. The molecule has 1 aromatic heterocycles. The summed E-state index contributed by atoms with van der Waals surface area (Å²) < 4.78 is 18.4. The van der Waals surface area contributed by atoms with Crippen LogP contribution in [0.3, 0.4) is 0 Å². The smallest absolute Gasteiger partial charge is 0.316 e. The molecule has 13 nitrogen and oxygen atoms in total. The summed E-state index contributed by atoms with van der Waals surface area (Å²) in [6, 6.07) is 12.4. The second-order valence-corrected chi connectivity index (χ2v) is 12.2. The van der Waals surface area contributed by atoms with Gasteiger partial charge >= 0.3 is 11.1 Å². The van der Waals surface area contributed by atoms with E-state index >= 15 is 0 Å². The number of hydrogen-bond donors (Lipinski definition) is 4. The van der Waals surface area contributed by atoms with Crippen LogP contribution in [0, 0.1) is 5.92 Å². The van der Waals surface area contributed by atoms with Gasteiger partial charge in [-0.2, -0.15) is 0 Å². The topological polar surface area (TPSA) is 170 Å². The van der Waals surface area contributed by atoms with E-state index in [9.17, 15) is 24.0 Å². The fourth-order valence-corrected chi connectivity index (χ4v) is 6.37. The van der Waals surface area contributed by atoms with Crippen molar-refractivity contribution in [2.45, 2.75) is 52.2 Å². The van der Waals surface area contributed by atoms with E-state index in [1.54, 1.807) is 43.5 Å². The number of methoxy groups -OCH3 is 3. The minimum Gasteiger partial charge on any atom is -0.493 e. The minimum atomic E-state index is -0.820. The van der Waals surface area contributed by atoms with Gasteiger partial charge in [0, 0.05) is 25.6 Å². The number of aromatic nitrogens is 2. The zero-order valence-electron chi connectivity index (χ0n) is 28.4. The van der Waals surface area contributed by atoms with Gasteiger partial charge in [-0.25, -0.2) is 0 Å². The molecule has 0 fully saturated rings. The Bertz CT molecular complexity index is 2090. The SMILES string of the molecule is COc1cc2c(c(OC)c1OC)-c1ccc(N[C@H](C(=O)NCCn3c(=O)c(=O)[nH]c4ccccc43)C(C)C)c(=O)cc1[C@@H](NC(C)=O)CC2. The Morgan fingerprint density at radius 3 is 2.39 bits per heavy atom. The third-order valence-electron chi connectivity index (χ3n) is 8.69. The summed E-state index contributed by atoms with van der Waals surface area (Å²) in [6.07, 6.45) is 1.07. The predicted octanol–water partition coefficient (Wildman–Crippen LogP) is 3.12. The van der Waals surface area contributed by atoms with Gasteiger partial charge in [0.05, 0.1) is 44.1 Å². The van der Waals surface area contributed by atoms with Gasteiger partial charge in [-0.3, -0.25) is 24.0 Å². The Balaban J connectivity index is 1.49. The van der Waals surface area contributed by atoms with E-state index in [-0.39, 0.29) is 41.9 Å². The number of hydrogen-bond acceptors (Lipinski definition) is 9. The lowest BCUT2D eigenvalue weighted by atomic mass is 9.95. The van der Waals surface area contributed by atoms with E-state index in [2.05, 4.69) is 20.9 Å². The van der Waals surface area contributed by atoms with Gasteiger partial charge in [-0.15, -0.1) is 0 Å². The van der Waals surface area contributed by atoms with Crippen LogP contribution in [0.5, 0.6) is 17.2 Å². The molecule has 4 aromatic rings. The van der Waals surface area contributed by atoms with Crippen LogP contribution in [-0.2, 0) is 22.6 Å². The summed E-state index contributed by atoms with van der Waals surface area (Å²) in [6.45, 7) is 5.27. The van der Waals surface area contributed by atoms with Gasteiger partial charge in [-0.05, 0) is 65.8 Å². The van der Waals surface area contributed by atoms with Gasteiger partial charge in [-0.1, -0.05) is 32.0 Å². The molecule has 1 aliphatic carbocycles. The number of carbonyl (C=O) groups excluding carboxylic acids is 2. The number of rotatable bonds is 11. The van der Waals surface area contributed by atoms with Crippen molar-refractivity contribution in [2.24, 2.45) is 5.92 Å². The van der Waals surface area contributed by atoms with Crippen LogP contribution in [0.15, 0.2) is 62.9 Å². The van der Waals surface area contributed by atoms with Crippen molar-refractivity contribution in [3.05, 3.63) is 90.6 Å². The zero-order chi connectivity index (χ0) is 35.4. The summed E-state index contributed by atoms with van der Waals surface area (Å²) in [5.74, 6) is 0.453. The quantitative estimate of drug-likeness (QED) is 0.175. The van der Waals surface area contributed by atoms with Gasteiger partial charge < -0.3 is 39.7 Å². The first-order valence-corrected chi connectivity index (χ1v) is 16.0. The van der Waals surface area contributed by atoms with Gasteiger partial charge in [0.1, 0.15) is 6.04 Å². The van der Waals surface area contributed by atoms with E-state index in [1.807, 2.05) is 19.9 Å². The number of carbonyl (C=O) groups is 2. The molecule has 0 aliphatic heterocycles. The van der Waals surface area contributed by atoms with Crippen LogP contribution < -0.4 is 46.7 Å². The van der Waals surface area contributed by atoms with Crippen LogP contribution >= 0.6 is 0 Å². The van der Waals surface area contributed by atoms with Crippen molar-refractivity contribution in [1.82, 2.24) is 20.2 Å². The normalized spacial score (nSPS) is 14.2. The lowest BCUT2D eigenvalue weighted by Gasteiger charge is -2.22. The first-order valence-electron chi connectivity index (χ1n) is 16.0. The fraction of sp³-hybridized carbons (Fsp3) is 0.361. The number of anilines is 1. The molecule has 3 aromatic carbocycles. The Labute approximate surface area is 282 Å². The number of nitrogens with one attached hydrogen (secondary N) is 4. The summed E-state index contributed by atoms with van der Waals surface area (Å²) in [5, 5.41) is 8.98. The molecular weight excluding hydrogens is 630 g/mol. The zero-order valence-corrected chi connectivity index (χ0v) is 28.4. The standard InChI is InChI=1S/C36H41N5O8/c1-19(2)31(34(44)37-15-16-41-27-10-8-7-9-25(27)40-35(45)36(41)46)39-26-14-12-22-23(18-28(26)43)24(38-20(3)42)13-11-21-17-29(47-4)32(48-5)33(49-6)30(21)22/h7-10,12,14,17-19,24,31H,11,13,15-16H2,1-6H3,(H,37,44)(H,38,42)(H,39,43)(H,40,45)/t24-,31-/m0/s1. The van der Waals surface area contributed by atoms with Gasteiger partial charge in [0.25, 0.3) is 0 Å². The number of para-hydroxylation sites is 2. The molecule has 1 heterocycles. The molecule has 2 amide bonds. The lowest BCUT2D eigenvalue weighted by molar-refractivity contribution is -0.122. The van der Waals surface area contributed by atoms with Crippen LogP contribution in [0.4, 0.5) is 5.69 Å². The summed E-state index contributed by atoms with van der Waals surface area (Å²) >= 11 is 0. The van der Waals surface area contributed by atoms with Crippen LogP contribution in [0.1, 0.15) is 44.4 Å². The Morgan fingerprint density at radius 1 is 0.980 bits per heavy atom. The van der Waals surface area contributed by atoms with E-state index in [1.165, 1.54) is 31.8 Å². The predicted molar refractivity (Wildman–Crippen MR) is 187 cm³/mol. The van der Waals surface area contributed by atoms with Crippen molar-refractivity contribution in [2.75, 3.05) is 33.2 Å². The van der Waals surface area contributed by atoms with Gasteiger partial charge in [0.15, 0.2) is 11.5 Å². The van der Waals surface area contributed by atoms with Gasteiger partial charge in [0.2, 0.25) is 23.0 Å². The van der Waals surface area contributed by atoms with E-state index < -0.39 is 23.2 Å². The number of fused-ring (bicyclic) bond motifs is 4. The first kappa shape index (κ1) is 34.7. The van der Waals surface area contributed by atoms with Crippen molar-refractivity contribution in [1.29, 1.82) is 0 Å². The third-order valence-corrected chi connectivity index (χ3v) is 8.69.